The fraction of sp³-hybridized carbons (Fsp3) is 0.400. The molecule has 0 bridgehead atoms. The number of rotatable bonds is 3. The third-order valence-corrected chi connectivity index (χ3v) is 2.19. The van der Waals surface area contributed by atoms with Gasteiger partial charge in [0.15, 0.2) is 11.4 Å². The Hall–Kier alpha value is -1.79. The number of carboxylic acids is 1. The first-order chi connectivity index (χ1) is 7.88. The minimum Gasteiger partial charge on any atom is -0.488 e. The first kappa shape index (κ1) is 11.7. The lowest BCUT2D eigenvalue weighted by Crippen LogP contribution is -2.13. The number of halogens is 3. The second kappa shape index (κ2) is 3.90. The fourth-order valence-electron chi connectivity index (χ4n) is 1.23. The minimum atomic E-state index is -4.65. The minimum absolute atomic E-state index is 0.262. The normalized spacial score (nSPS) is 15.7. The van der Waals surface area contributed by atoms with Gasteiger partial charge in [-0.2, -0.15) is 13.2 Å². The largest absolute Gasteiger partial charge is 0.488 e. The fourth-order valence-corrected chi connectivity index (χ4v) is 1.23. The molecule has 0 amide bonds. The SMILES string of the molecule is O=C(O)c1cnc(C(F)(F)F)c(OC2CC2)c1. The van der Waals surface area contributed by atoms with E-state index in [2.05, 4.69) is 4.98 Å². The molecule has 17 heavy (non-hydrogen) atoms. The lowest BCUT2D eigenvalue weighted by atomic mass is 10.2. The number of aromatic carboxylic acids is 1. The number of alkyl halides is 3. The molecule has 0 radical (unpaired) electrons. The van der Waals surface area contributed by atoms with Crippen molar-refractivity contribution >= 4 is 5.97 Å². The number of hydrogen-bond acceptors (Lipinski definition) is 3. The topological polar surface area (TPSA) is 59.4 Å². The summed E-state index contributed by atoms with van der Waals surface area (Å²) >= 11 is 0. The van der Waals surface area contributed by atoms with Crippen molar-refractivity contribution in [1.29, 1.82) is 0 Å². The highest BCUT2D eigenvalue weighted by Crippen LogP contribution is 2.37. The Morgan fingerprint density at radius 1 is 1.47 bits per heavy atom. The van der Waals surface area contributed by atoms with Gasteiger partial charge in [-0.3, -0.25) is 0 Å². The average molecular weight is 247 g/mol. The van der Waals surface area contributed by atoms with E-state index in [-0.39, 0.29) is 11.7 Å². The van der Waals surface area contributed by atoms with Gasteiger partial charge in [0, 0.05) is 6.20 Å². The van der Waals surface area contributed by atoms with Crippen molar-refractivity contribution in [3.8, 4) is 5.75 Å². The van der Waals surface area contributed by atoms with E-state index in [9.17, 15) is 18.0 Å². The molecule has 1 saturated carbocycles. The monoisotopic (exact) mass is 247 g/mol. The molecule has 0 saturated heterocycles. The molecule has 0 aromatic carbocycles. The second-order valence-electron chi connectivity index (χ2n) is 3.69. The van der Waals surface area contributed by atoms with E-state index in [0.29, 0.717) is 19.0 Å². The Morgan fingerprint density at radius 2 is 2.12 bits per heavy atom. The van der Waals surface area contributed by atoms with Crippen LogP contribution in [-0.2, 0) is 6.18 Å². The zero-order chi connectivity index (χ0) is 12.6. The molecule has 0 atom stereocenters. The summed E-state index contributed by atoms with van der Waals surface area (Å²) in [5.41, 5.74) is -1.51. The summed E-state index contributed by atoms with van der Waals surface area (Å²) in [6, 6.07) is 0.858. The number of hydrogen-bond donors (Lipinski definition) is 1. The number of nitrogens with zero attached hydrogens (tertiary/aromatic N) is 1. The van der Waals surface area contributed by atoms with Crippen LogP contribution in [0.4, 0.5) is 13.2 Å². The number of aromatic nitrogens is 1. The Kier molecular flexibility index (Phi) is 2.68. The molecule has 0 aliphatic heterocycles. The van der Waals surface area contributed by atoms with Crippen molar-refractivity contribution in [1.82, 2.24) is 4.98 Å². The predicted molar refractivity (Wildman–Crippen MR) is 49.8 cm³/mol. The van der Waals surface area contributed by atoms with Crippen LogP contribution in [0.15, 0.2) is 12.3 Å². The molecule has 1 aromatic rings. The maximum atomic E-state index is 12.6. The highest BCUT2D eigenvalue weighted by atomic mass is 19.4. The van der Waals surface area contributed by atoms with Gasteiger partial charge >= 0.3 is 12.1 Å². The van der Waals surface area contributed by atoms with Gasteiger partial charge in [0.2, 0.25) is 0 Å². The van der Waals surface area contributed by atoms with Crippen molar-refractivity contribution in [3.63, 3.8) is 0 Å². The maximum Gasteiger partial charge on any atom is 0.437 e. The zero-order valence-electron chi connectivity index (χ0n) is 8.49. The smallest absolute Gasteiger partial charge is 0.437 e. The molecule has 1 heterocycles. The Bertz CT molecular complexity index is 455. The van der Waals surface area contributed by atoms with Crippen LogP contribution in [0, 0.1) is 0 Å². The van der Waals surface area contributed by atoms with Gasteiger partial charge in [-0.15, -0.1) is 0 Å². The van der Waals surface area contributed by atoms with E-state index < -0.39 is 23.6 Å². The highest BCUT2D eigenvalue weighted by molar-refractivity contribution is 5.87. The molecule has 0 spiro atoms. The predicted octanol–water partition coefficient (Wildman–Crippen LogP) is 2.34. The zero-order valence-corrected chi connectivity index (χ0v) is 8.49. The summed E-state index contributed by atoms with van der Waals surface area (Å²) in [4.78, 5) is 13.8. The molecule has 2 rings (SSSR count). The quantitative estimate of drug-likeness (QED) is 0.890. The summed E-state index contributed by atoms with van der Waals surface area (Å²) in [7, 11) is 0. The third kappa shape index (κ3) is 2.66. The summed E-state index contributed by atoms with van der Waals surface area (Å²) in [6.07, 6.45) is -2.89. The molecule has 1 N–H and O–H groups in total. The van der Waals surface area contributed by atoms with Gasteiger partial charge < -0.3 is 9.84 Å². The van der Waals surface area contributed by atoms with Gasteiger partial charge in [-0.1, -0.05) is 0 Å². The van der Waals surface area contributed by atoms with E-state index in [1.807, 2.05) is 0 Å². The Morgan fingerprint density at radius 3 is 2.59 bits per heavy atom. The Balaban J connectivity index is 2.39. The molecule has 1 aliphatic carbocycles. The summed E-state index contributed by atoms with van der Waals surface area (Å²) < 4.78 is 42.7. The molecule has 1 aromatic heterocycles. The van der Waals surface area contributed by atoms with E-state index in [1.165, 1.54) is 0 Å². The first-order valence-electron chi connectivity index (χ1n) is 4.85. The first-order valence-corrected chi connectivity index (χ1v) is 4.85. The molecule has 1 aliphatic rings. The maximum absolute atomic E-state index is 12.6. The van der Waals surface area contributed by atoms with Gasteiger partial charge in [-0.05, 0) is 18.9 Å². The van der Waals surface area contributed by atoms with Crippen LogP contribution in [-0.4, -0.2) is 22.2 Å². The summed E-state index contributed by atoms with van der Waals surface area (Å²) in [5.74, 6) is -1.85. The standard InChI is InChI=1S/C10H8F3NO3/c11-10(12,13)8-7(17-6-1-2-6)3-5(4-14-8)9(15)16/h3-4,6H,1-2H2,(H,15,16). The van der Waals surface area contributed by atoms with E-state index in [0.717, 1.165) is 6.07 Å². The van der Waals surface area contributed by atoms with E-state index in [1.54, 1.807) is 0 Å². The van der Waals surface area contributed by atoms with Crippen molar-refractivity contribution in [2.45, 2.75) is 25.1 Å². The molecular weight excluding hydrogens is 239 g/mol. The molecule has 92 valence electrons. The second-order valence-corrected chi connectivity index (χ2v) is 3.69. The lowest BCUT2D eigenvalue weighted by Gasteiger charge is -2.12. The van der Waals surface area contributed by atoms with Crippen LogP contribution in [0.3, 0.4) is 0 Å². The molecule has 0 unspecified atom stereocenters. The third-order valence-electron chi connectivity index (χ3n) is 2.19. The Labute approximate surface area is 94.0 Å². The molecule has 4 nitrogen and oxygen atoms in total. The lowest BCUT2D eigenvalue weighted by molar-refractivity contribution is -0.142. The van der Waals surface area contributed by atoms with Crippen LogP contribution < -0.4 is 4.74 Å². The van der Waals surface area contributed by atoms with Crippen molar-refractivity contribution in [3.05, 3.63) is 23.5 Å². The van der Waals surface area contributed by atoms with Crippen LogP contribution in [0.2, 0.25) is 0 Å². The van der Waals surface area contributed by atoms with E-state index >= 15 is 0 Å². The van der Waals surface area contributed by atoms with Gasteiger partial charge in [0.1, 0.15) is 0 Å². The van der Waals surface area contributed by atoms with Crippen LogP contribution in [0.25, 0.3) is 0 Å². The van der Waals surface area contributed by atoms with Crippen LogP contribution in [0.5, 0.6) is 5.75 Å². The summed E-state index contributed by atoms with van der Waals surface area (Å²) in [5, 5.41) is 8.68. The highest BCUT2D eigenvalue weighted by Gasteiger charge is 2.38. The van der Waals surface area contributed by atoms with Crippen molar-refractivity contribution < 1.29 is 27.8 Å². The average Bonchev–Trinajstić information content (AvgIpc) is 2.99. The van der Waals surface area contributed by atoms with Crippen molar-refractivity contribution in [2.75, 3.05) is 0 Å². The van der Waals surface area contributed by atoms with Gasteiger partial charge in [0.25, 0.3) is 0 Å². The van der Waals surface area contributed by atoms with E-state index in [4.69, 9.17) is 9.84 Å². The molecule has 7 heteroatoms. The number of carbonyl (C=O) groups is 1. The summed E-state index contributed by atoms with van der Waals surface area (Å²) in [6.45, 7) is 0. The molecular formula is C10H8F3NO3. The van der Waals surface area contributed by atoms with Crippen LogP contribution >= 0.6 is 0 Å². The van der Waals surface area contributed by atoms with Gasteiger partial charge in [-0.25, -0.2) is 9.78 Å². The van der Waals surface area contributed by atoms with Crippen LogP contribution in [0.1, 0.15) is 28.9 Å². The van der Waals surface area contributed by atoms with Crippen molar-refractivity contribution in [2.24, 2.45) is 0 Å². The number of ether oxygens (including phenoxy) is 1. The number of pyridine rings is 1. The molecule has 1 fully saturated rings. The van der Waals surface area contributed by atoms with Gasteiger partial charge in [0.05, 0.1) is 11.7 Å². The number of carboxylic acid groups (broad SMARTS) is 1.